The molecule has 0 aliphatic carbocycles. The summed E-state index contributed by atoms with van der Waals surface area (Å²) in [6, 6.07) is 7.28. The Balaban J connectivity index is 2.51. The van der Waals surface area contributed by atoms with Gasteiger partial charge in [0.2, 0.25) is 0 Å². The molecule has 20 heavy (non-hydrogen) atoms. The molecule has 0 spiro atoms. The Morgan fingerprint density at radius 2 is 2.30 bits per heavy atom. The van der Waals surface area contributed by atoms with Crippen LogP contribution >= 0.6 is 0 Å². The van der Waals surface area contributed by atoms with Crippen LogP contribution in [0.3, 0.4) is 0 Å². The molecule has 4 heteroatoms. The highest BCUT2D eigenvalue weighted by Gasteiger charge is 2.10. The third-order valence-electron chi connectivity index (χ3n) is 2.89. The van der Waals surface area contributed by atoms with Crippen molar-refractivity contribution in [3.63, 3.8) is 0 Å². The van der Waals surface area contributed by atoms with Gasteiger partial charge in [0.1, 0.15) is 6.67 Å². The van der Waals surface area contributed by atoms with E-state index in [-0.39, 0.29) is 0 Å². The Morgan fingerprint density at radius 1 is 1.45 bits per heavy atom. The molecule has 0 radical (unpaired) electrons. The van der Waals surface area contributed by atoms with Crippen LogP contribution < -0.4 is 5.73 Å². The molecule has 3 nitrogen and oxygen atoms in total. The van der Waals surface area contributed by atoms with E-state index >= 15 is 0 Å². The van der Waals surface area contributed by atoms with Gasteiger partial charge in [-0.25, -0.2) is 4.39 Å². The molecule has 1 aromatic heterocycles. The number of alkyl halides is 1. The second kappa shape index (κ2) is 6.52. The first-order valence-electron chi connectivity index (χ1n) is 6.20. The Morgan fingerprint density at radius 3 is 3.00 bits per heavy atom. The van der Waals surface area contributed by atoms with Crippen LogP contribution in [0.5, 0.6) is 0 Å². The number of aromatic amines is 1. The Labute approximate surface area is 117 Å². The van der Waals surface area contributed by atoms with Gasteiger partial charge in [0.05, 0.1) is 11.9 Å². The van der Waals surface area contributed by atoms with Crippen molar-refractivity contribution in [2.75, 3.05) is 0 Å². The number of rotatable bonds is 5. The number of hydrogen-bond donors (Lipinski definition) is 2. The predicted molar refractivity (Wildman–Crippen MR) is 80.3 cm³/mol. The molecular formula is C16H16FN3. The highest BCUT2D eigenvalue weighted by atomic mass is 19.1. The number of hydrogen-bond acceptors (Lipinski definition) is 2. The molecule has 0 unspecified atom stereocenters. The van der Waals surface area contributed by atoms with Gasteiger partial charge in [-0.15, -0.1) is 0 Å². The largest absolute Gasteiger partial charge is 0.405 e. The minimum atomic E-state index is -0.491. The zero-order valence-corrected chi connectivity index (χ0v) is 11.0. The van der Waals surface area contributed by atoms with Crippen LogP contribution in [0.1, 0.15) is 11.1 Å². The van der Waals surface area contributed by atoms with Crippen molar-refractivity contribution in [3.05, 3.63) is 72.6 Å². The summed E-state index contributed by atoms with van der Waals surface area (Å²) < 4.78 is 12.8. The van der Waals surface area contributed by atoms with E-state index < -0.39 is 6.67 Å². The second-order valence-corrected chi connectivity index (χ2v) is 4.21. The summed E-state index contributed by atoms with van der Waals surface area (Å²) in [5.74, 6) is 0. The van der Waals surface area contributed by atoms with Crippen molar-refractivity contribution < 1.29 is 4.39 Å². The van der Waals surface area contributed by atoms with E-state index in [1.54, 1.807) is 30.5 Å². The molecule has 2 rings (SSSR count). The number of nitrogens with zero attached hydrogens (tertiary/aromatic N) is 1. The zero-order chi connectivity index (χ0) is 14.4. The molecular weight excluding hydrogens is 253 g/mol. The molecule has 102 valence electrons. The molecule has 0 aliphatic heterocycles. The predicted octanol–water partition coefficient (Wildman–Crippen LogP) is 3.59. The molecule has 3 N–H and O–H groups in total. The summed E-state index contributed by atoms with van der Waals surface area (Å²) in [4.78, 5) is 0. The lowest BCUT2D eigenvalue weighted by atomic mass is 10.00. The highest BCUT2D eigenvalue weighted by molar-refractivity contribution is 5.84. The van der Waals surface area contributed by atoms with E-state index in [1.807, 2.05) is 18.2 Å². The number of halogens is 1. The lowest BCUT2D eigenvalue weighted by molar-refractivity contribution is 0.485. The van der Waals surface area contributed by atoms with Gasteiger partial charge in [-0.1, -0.05) is 36.9 Å². The molecule has 2 aromatic rings. The standard InChI is InChI=1S/C16H16FN3/c1-2-4-13(7-8-18)15-11-19-20-16(15)14-6-3-5-12(9-14)10-17/h2-9,11H,1,10,18H2,(H,19,20)/b8-7-,13-4+. The third-order valence-corrected chi connectivity index (χ3v) is 2.89. The zero-order valence-electron chi connectivity index (χ0n) is 11.0. The van der Waals surface area contributed by atoms with Gasteiger partial charge >= 0.3 is 0 Å². The fraction of sp³-hybridized carbons (Fsp3) is 0.0625. The van der Waals surface area contributed by atoms with Crippen LogP contribution in [0.25, 0.3) is 16.8 Å². The van der Waals surface area contributed by atoms with Gasteiger partial charge in [-0.2, -0.15) is 5.10 Å². The van der Waals surface area contributed by atoms with Gasteiger partial charge in [-0.3, -0.25) is 5.10 Å². The first-order valence-corrected chi connectivity index (χ1v) is 6.20. The summed E-state index contributed by atoms with van der Waals surface area (Å²) >= 11 is 0. The van der Waals surface area contributed by atoms with E-state index in [0.29, 0.717) is 5.56 Å². The maximum Gasteiger partial charge on any atom is 0.115 e. The number of benzene rings is 1. The fourth-order valence-electron chi connectivity index (χ4n) is 2.00. The lowest BCUT2D eigenvalue weighted by Gasteiger charge is -2.05. The third kappa shape index (κ3) is 2.85. The smallest absolute Gasteiger partial charge is 0.115 e. The second-order valence-electron chi connectivity index (χ2n) is 4.21. The van der Waals surface area contributed by atoms with E-state index in [2.05, 4.69) is 16.8 Å². The molecule has 0 saturated heterocycles. The molecule has 1 heterocycles. The molecule has 0 aliphatic rings. The van der Waals surface area contributed by atoms with E-state index in [0.717, 1.165) is 22.4 Å². The quantitative estimate of drug-likeness (QED) is 0.815. The molecule has 0 bridgehead atoms. The van der Waals surface area contributed by atoms with Crippen molar-refractivity contribution in [1.29, 1.82) is 0 Å². The Hall–Kier alpha value is -2.62. The summed E-state index contributed by atoms with van der Waals surface area (Å²) in [6.07, 6.45) is 8.48. The number of allylic oxidation sites excluding steroid dienone is 4. The van der Waals surface area contributed by atoms with E-state index in [4.69, 9.17) is 5.73 Å². The van der Waals surface area contributed by atoms with Crippen LogP contribution in [0, 0.1) is 0 Å². The maximum atomic E-state index is 12.8. The van der Waals surface area contributed by atoms with Crippen LogP contribution in [0.2, 0.25) is 0 Å². The number of nitrogens with one attached hydrogen (secondary N) is 1. The van der Waals surface area contributed by atoms with Gasteiger partial charge in [0.25, 0.3) is 0 Å². The SMILES string of the molecule is C=C/C=C(\C=C/N)c1cn[nH]c1-c1cccc(CF)c1. The van der Waals surface area contributed by atoms with Crippen LogP contribution in [-0.4, -0.2) is 10.2 Å². The van der Waals surface area contributed by atoms with Crippen LogP contribution in [0.15, 0.2) is 61.5 Å². The topological polar surface area (TPSA) is 54.7 Å². The van der Waals surface area contributed by atoms with Crippen LogP contribution in [-0.2, 0) is 6.67 Å². The first kappa shape index (κ1) is 13.8. The van der Waals surface area contributed by atoms with Gasteiger partial charge in [0, 0.05) is 11.1 Å². The molecule has 1 aromatic carbocycles. The van der Waals surface area contributed by atoms with Gasteiger partial charge in [0.15, 0.2) is 0 Å². The normalized spacial score (nSPS) is 11.9. The van der Waals surface area contributed by atoms with Gasteiger partial charge < -0.3 is 5.73 Å². The van der Waals surface area contributed by atoms with Crippen molar-refractivity contribution >= 4 is 5.57 Å². The van der Waals surface area contributed by atoms with Crippen molar-refractivity contribution in [2.45, 2.75) is 6.67 Å². The summed E-state index contributed by atoms with van der Waals surface area (Å²) in [7, 11) is 0. The molecule has 0 amide bonds. The van der Waals surface area contributed by atoms with E-state index in [1.165, 1.54) is 6.20 Å². The monoisotopic (exact) mass is 269 g/mol. The average Bonchev–Trinajstić information content (AvgIpc) is 2.96. The summed E-state index contributed by atoms with van der Waals surface area (Å²) in [6.45, 7) is 3.20. The fourth-order valence-corrected chi connectivity index (χ4v) is 2.00. The Bertz CT molecular complexity index is 653. The number of H-pyrrole nitrogens is 1. The van der Waals surface area contributed by atoms with Crippen molar-refractivity contribution in [1.82, 2.24) is 10.2 Å². The summed E-state index contributed by atoms with van der Waals surface area (Å²) in [5, 5.41) is 7.02. The number of aromatic nitrogens is 2. The minimum absolute atomic E-state index is 0.491. The van der Waals surface area contributed by atoms with Crippen molar-refractivity contribution in [3.8, 4) is 11.3 Å². The number of nitrogens with two attached hydrogens (primary N) is 1. The molecule has 0 atom stereocenters. The summed E-state index contributed by atoms with van der Waals surface area (Å²) in [5.41, 5.74) is 9.58. The first-order chi connectivity index (χ1) is 9.80. The highest BCUT2D eigenvalue weighted by Crippen LogP contribution is 2.28. The lowest BCUT2D eigenvalue weighted by Crippen LogP contribution is -1.88. The molecule has 0 saturated carbocycles. The molecule has 0 fully saturated rings. The average molecular weight is 269 g/mol. The van der Waals surface area contributed by atoms with E-state index in [9.17, 15) is 4.39 Å². The van der Waals surface area contributed by atoms with Gasteiger partial charge in [-0.05, 0) is 29.5 Å². The maximum absolute atomic E-state index is 12.8. The van der Waals surface area contributed by atoms with Crippen LogP contribution in [0.4, 0.5) is 4.39 Å². The van der Waals surface area contributed by atoms with Crippen molar-refractivity contribution in [2.24, 2.45) is 5.73 Å². The minimum Gasteiger partial charge on any atom is -0.405 e. The Kier molecular flexibility index (Phi) is 4.50.